The van der Waals surface area contributed by atoms with Crippen LogP contribution in [0.5, 0.6) is 11.5 Å². The molecule has 2 heterocycles. The lowest BCUT2D eigenvalue weighted by Crippen LogP contribution is -2.37. The fourth-order valence-electron chi connectivity index (χ4n) is 4.45. The molecule has 1 aromatic heterocycles. The molecular formula is C28H32N4O4S. The van der Waals surface area contributed by atoms with Crippen LogP contribution >= 0.6 is 11.8 Å². The van der Waals surface area contributed by atoms with E-state index in [9.17, 15) is 9.59 Å². The van der Waals surface area contributed by atoms with E-state index in [0.29, 0.717) is 41.8 Å². The number of thioether (sulfide) groups is 1. The lowest BCUT2D eigenvalue weighted by molar-refractivity contribution is 0.0772. The first-order valence-corrected chi connectivity index (χ1v) is 13.8. The molecule has 0 atom stereocenters. The Morgan fingerprint density at radius 1 is 1.11 bits per heavy atom. The molecule has 1 aliphatic carbocycles. The molecule has 2 aliphatic rings. The van der Waals surface area contributed by atoms with E-state index in [2.05, 4.69) is 10.4 Å². The minimum absolute atomic E-state index is 0.0825. The lowest BCUT2D eigenvalue weighted by Gasteiger charge is -2.26. The van der Waals surface area contributed by atoms with Crippen molar-refractivity contribution in [2.75, 3.05) is 31.7 Å². The summed E-state index contributed by atoms with van der Waals surface area (Å²) in [5.74, 6) is 3.57. The molecule has 194 valence electrons. The van der Waals surface area contributed by atoms with Crippen molar-refractivity contribution in [3.05, 3.63) is 76.6 Å². The Bertz CT molecular complexity index is 1260. The van der Waals surface area contributed by atoms with Gasteiger partial charge in [0.25, 0.3) is 11.8 Å². The fraction of sp³-hybridized carbons (Fsp3) is 0.393. The molecule has 9 heteroatoms. The van der Waals surface area contributed by atoms with E-state index in [1.165, 1.54) is 0 Å². The van der Waals surface area contributed by atoms with Crippen molar-refractivity contribution >= 4 is 23.6 Å². The highest BCUT2D eigenvalue weighted by Crippen LogP contribution is 2.39. The van der Waals surface area contributed by atoms with Crippen molar-refractivity contribution < 1.29 is 19.1 Å². The topological polar surface area (TPSA) is 85.7 Å². The molecule has 1 saturated carbocycles. The molecule has 2 amide bonds. The summed E-state index contributed by atoms with van der Waals surface area (Å²) in [5, 5.41) is 7.45. The molecule has 2 aromatic carbocycles. The third-order valence-electron chi connectivity index (χ3n) is 6.72. The first kappa shape index (κ1) is 25.2. The number of benzene rings is 2. The van der Waals surface area contributed by atoms with Crippen molar-refractivity contribution in [2.24, 2.45) is 7.05 Å². The average Bonchev–Trinajstić information content (AvgIpc) is 3.72. The summed E-state index contributed by atoms with van der Waals surface area (Å²) < 4.78 is 13.4. The van der Waals surface area contributed by atoms with Gasteiger partial charge < -0.3 is 19.7 Å². The molecule has 5 rings (SSSR count). The van der Waals surface area contributed by atoms with E-state index in [1.807, 2.05) is 65.2 Å². The Kier molecular flexibility index (Phi) is 7.69. The number of methoxy groups -OCH3 is 1. The number of hydrogen-bond acceptors (Lipinski definition) is 6. The summed E-state index contributed by atoms with van der Waals surface area (Å²) in [4.78, 5) is 27.4. The number of ether oxygens (including phenoxy) is 2. The maximum Gasteiger partial charge on any atom is 0.269 e. The summed E-state index contributed by atoms with van der Waals surface area (Å²) in [6, 6.07) is 15.1. The zero-order valence-corrected chi connectivity index (χ0v) is 22.1. The molecule has 1 saturated heterocycles. The van der Waals surface area contributed by atoms with Crippen molar-refractivity contribution in [3.8, 4) is 11.5 Å². The van der Waals surface area contributed by atoms with Crippen molar-refractivity contribution in [3.63, 3.8) is 0 Å². The largest absolute Gasteiger partial charge is 0.493 e. The summed E-state index contributed by atoms with van der Waals surface area (Å²) in [6.07, 6.45) is 2.28. The zero-order chi connectivity index (χ0) is 25.8. The lowest BCUT2D eigenvalue weighted by atomic mass is 10.1. The van der Waals surface area contributed by atoms with Gasteiger partial charge in [0.1, 0.15) is 12.3 Å². The van der Waals surface area contributed by atoms with Crippen LogP contribution < -0.4 is 14.8 Å². The summed E-state index contributed by atoms with van der Waals surface area (Å²) in [6.45, 7) is 2.23. The first-order valence-electron chi connectivity index (χ1n) is 12.6. The molecule has 2 fully saturated rings. The van der Waals surface area contributed by atoms with Crippen LogP contribution in [0.4, 0.5) is 0 Å². The van der Waals surface area contributed by atoms with Gasteiger partial charge in [0, 0.05) is 55.2 Å². The minimum Gasteiger partial charge on any atom is -0.493 e. The van der Waals surface area contributed by atoms with E-state index >= 15 is 0 Å². The van der Waals surface area contributed by atoms with Crippen molar-refractivity contribution in [2.45, 2.75) is 31.9 Å². The second-order valence-electron chi connectivity index (χ2n) is 9.37. The number of hydrogen-bond donors (Lipinski definition) is 1. The van der Waals surface area contributed by atoms with Crippen LogP contribution in [-0.4, -0.2) is 58.2 Å². The monoisotopic (exact) mass is 520 g/mol. The third-order valence-corrected chi connectivity index (χ3v) is 7.67. The molecule has 37 heavy (non-hydrogen) atoms. The molecule has 0 spiro atoms. The van der Waals surface area contributed by atoms with Crippen LogP contribution in [-0.2, 0) is 20.2 Å². The van der Waals surface area contributed by atoms with Crippen LogP contribution in [0.2, 0.25) is 0 Å². The number of carbonyl (C=O) groups excluding carboxylic acids is 2. The highest BCUT2D eigenvalue weighted by Gasteiger charge is 2.28. The van der Waals surface area contributed by atoms with Crippen molar-refractivity contribution in [1.29, 1.82) is 0 Å². The molecule has 1 N–H and O–H groups in total. The van der Waals surface area contributed by atoms with E-state index in [0.717, 1.165) is 54.3 Å². The van der Waals surface area contributed by atoms with E-state index in [-0.39, 0.29) is 11.8 Å². The quantitative estimate of drug-likeness (QED) is 0.459. The van der Waals surface area contributed by atoms with Gasteiger partial charge in [0.05, 0.1) is 12.8 Å². The van der Waals surface area contributed by atoms with Crippen molar-refractivity contribution in [1.82, 2.24) is 20.0 Å². The second-order valence-corrected chi connectivity index (χ2v) is 10.6. The van der Waals surface area contributed by atoms with Gasteiger partial charge in [-0.1, -0.05) is 24.3 Å². The highest BCUT2D eigenvalue weighted by molar-refractivity contribution is 7.99. The molecule has 8 nitrogen and oxygen atoms in total. The van der Waals surface area contributed by atoms with Gasteiger partial charge in [-0.15, -0.1) is 0 Å². The average molecular weight is 521 g/mol. The van der Waals surface area contributed by atoms with Gasteiger partial charge in [0.15, 0.2) is 11.5 Å². The van der Waals surface area contributed by atoms with Crippen LogP contribution in [0.25, 0.3) is 0 Å². The fourth-order valence-corrected chi connectivity index (χ4v) is 5.35. The predicted molar refractivity (Wildman–Crippen MR) is 143 cm³/mol. The number of para-hydroxylation sites is 1. The highest BCUT2D eigenvalue weighted by atomic mass is 32.2. The Morgan fingerprint density at radius 3 is 2.57 bits per heavy atom. The molecule has 3 aromatic rings. The number of aromatic nitrogens is 2. The maximum atomic E-state index is 12.8. The summed E-state index contributed by atoms with van der Waals surface area (Å²) in [5.41, 5.74) is 4.01. The third kappa shape index (κ3) is 5.93. The SMILES string of the molecule is COc1c(CNC(=O)c2cc(C3CC3)nn2C)cccc1OCc1ccc(C(=O)N2CCSCC2)cc1. The first-order chi connectivity index (χ1) is 18.0. The van der Waals surface area contributed by atoms with E-state index < -0.39 is 0 Å². The Morgan fingerprint density at radius 2 is 1.86 bits per heavy atom. The second kappa shape index (κ2) is 11.3. The number of aryl methyl sites for hydroxylation is 1. The zero-order valence-electron chi connectivity index (χ0n) is 21.2. The molecule has 0 bridgehead atoms. The van der Waals surface area contributed by atoms with Crippen LogP contribution in [0, 0.1) is 0 Å². The predicted octanol–water partition coefficient (Wildman–Crippen LogP) is 4.00. The van der Waals surface area contributed by atoms with Gasteiger partial charge in [-0.25, -0.2) is 0 Å². The number of rotatable bonds is 9. The van der Waals surface area contributed by atoms with E-state index in [4.69, 9.17) is 9.47 Å². The summed E-state index contributed by atoms with van der Waals surface area (Å²) in [7, 11) is 3.39. The maximum absolute atomic E-state index is 12.8. The molecule has 1 aliphatic heterocycles. The standard InChI is InChI=1S/C28H32N4O4S/c1-31-24(16-23(30-31)20-10-11-20)27(33)29-17-22-4-3-5-25(26(22)35-2)36-18-19-6-8-21(9-7-19)28(34)32-12-14-37-15-13-32/h3-9,16,20H,10-15,17-18H2,1-2H3,(H,29,33). The number of nitrogens with zero attached hydrogens (tertiary/aromatic N) is 3. The summed E-state index contributed by atoms with van der Waals surface area (Å²) >= 11 is 1.88. The molecule has 0 radical (unpaired) electrons. The Hall–Kier alpha value is -3.46. The van der Waals surface area contributed by atoms with Gasteiger partial charge >= 0.3 is 0 Å². The minimum atomic E-state index is -0.173. The van der Waals surface area contributed by atoms with Crippen LogP contribution in [0.3, 0.4) is 0 Å². The molecule has 0 unspecified atom stereocenters. The normalized spacial score (nSPS) is 15.4. The Labute approximate surface area is 221 Å². The smallest absolute Gasteiger partial charge is 0.269 e. The Balaban J connectivity index is 1.19. The number of amides is 2. The van der Waals surface area contributed by atoms with Gasteiger partial charge in [-0.2, -0.15) is 16.9 Å². The van der Waals surface area contributed by atoms with E-state index in [1.54, 1.807) is 18.8 Å². The van der Waals surface area contributed by atoms with Gasteiger partial charge in [0.2, 0.25) is 0 Å². The van der Waals surface area contributed by atoms with Crippen LogP contribution in [0.1, 0.15) is 56.4 Å². The van der Waals surface area contributed by atoms with Gasteiger partial charge in [-0.05, 0) is 42.7 Å². The number of nitrogens with one attached hydrogen (secondary N) is 1. The van der Waals surface area contributed by atoms with Gasteiger partial charge in [-0.3, -0.25) is 14.3 Å². The van der Waals surface area contributed by atoms with Crippen LogP contribution in [0.15, 0.2) is 48.5 Å². The number of carbonyl (C=O) groups is 2. The molecular weight excluding hydrogens is 488 g/mol.